The Labute approximate surface area is 140 Å². The molecule has 0 radical (unpaired) electrons. The minimum Gasteiger partial charge on any atom is -0.463 e. The molecule has 0 aliphatic rings. The lowest BCUT2D eigenvalue weighted by Crippen LogP contribution is -2.31. The number of hydrogen-bond acceptors (Lipinski definition) is 4. The van der Waals surface area contributed by atoms with Gasteiger partial charge in [0.25, 0.3) is 5.91 Å². The Kier molecular flexibility index (Phi) is 4.24. The highest BCUT2D eigenvalue weighted by Gasteiger charge is 2.20. The van der Waals surface area contributed by atoms with Gasteiger partial charge in [-0.2, -0.15) is 5.10 Å². The molecule has 3 aromatic rings. The number of carbonyl (C=O) groups is 1. The molecule has 24 heavy (non-hydrogen) atoms. The molecule has 2 aromatic heterocycles. The van der Waals surface area contributed by atoms with Crippen LogP contribution in [0.4, 0.5) is 5.82 Å². The Hall–Kier alpha value is -2.83. The van der Waals surface area contributed by atoms with Crippen LogP contribution < -0.4 is 10.1 Å². The highest BCUT2D eigenvalue weighted by molar-refractivity contribution is 5.94. The maximum atomic E-state index is 12.4. The quantitative estimate of drug-likeness (QED) is 0.782. The fraction of sp³-hybridized carbons (Fsp3) is 0.353. The topological polar surface area (TPSA) is 74.0 Å². The molecule has 1 aromatic carbocycles. The molecule has 0 fully saturated rings. The van der Waals surface area contributed by atoms with Gasteiger partial charge in [0.05, 0.1) is 17.1 Å². The van der Waals surface area contributed by atoms with Crippen LogP contribution in [0.5, 0.6) is 5.88 Å². The van der Waals surface area contributed by atoms with Crippen LogP contribution in [0.3, 0.4) is 0 Å². The van der Waals surface area contributed by atoms with Gasteiger partial charge in [-0.05, 0) is 32.9 Å². The van der Waals surface area contributed by atoms with Crippen LogP contribution in [0, 0.1) is 0 Å². The number of anilines is 1. The normalized spacial score (nSPS) is 12.5. The molecular weight excluding hydrogens is 306 g/mol. The van der Waals surface area contributed by atoms with Crippen molar-refractivity contribution < 1.29 is 9.53 Å². The first kappa shape index (κ1) is 16.0. The molecule has 126 valence electrons. The summed E-state index contributed by atoms with van der Waals surface area (Å²) in [5.74, 6) is 0.858. The molecule has 0 aliphatic carbocycles. The van der Waals surface area contributed by atoms with Gasteiger partial charge < -0.3 is 10.1 Å². The summed E-state index contributed by atoms with van der Waals surface area (Å²) in [4.78, 5) is 12.4. The summed E-state index contributed by atoms with van der Waals surface area (Å²) in [5, 5.41) is 12.3. The number of aromatic nitrogens is 4. The summed E-state index contributed by atoms with van der Waals surface area (Å²) >= 11 is 0. The van der Waals surface area contributed by atoms with Crippen LogP contribution >= 0.6 is 0 Å². The zero-order valence-corrected chi connectivity index (χ0v) is 14.2. The first-order chi connectivity index (χ1) is 11.5. The lowest BCUT2D eigenvalue weighted by Gasteiger charge is -2.15. The third kappa shape index (κ3) is 2.97. The van der Waals surface area contributed by atoms with Crippen molar-refractivity contribution in [1.82, 2.24) is 19.6 Å². The van der Waals surface area contributed by atoms with E-state index in [-0.39, 0.29) is 11.9 Å². The molecule has 0 saturated carbocycles. The number of nitrogens with zero attached hydrogens (tertiary/aromatic N) is 4. The number of carbonyl (C=O) groups excluding carboxylic acids is 1. The Morgan fingerprint density at radius 1 is 1.21 bits per heavy atom. The zero-order chi connectivity index (χ0) is 17.3. The molecule has 3 rings (SSSR count). The first-order valence-corrected chi connectivity index (χ1v) is 7.90. The summed E-state index contributed by atoms with van der Waals surface area (Å²) in [5.41, 5.74) is 0.956. The predicted molar refractivity (Wildman–Crippen MR) is 92.0 cm³/mol. The van der Waals surface area contributed by atoms with Gasteiger partial charge in [0.2, 0.25) is 5.88 Å². The third-order valence-electron chi connectivity index (χ3n) is 3.79. The number of para-hydroxylation sites is 1. The summed E-state index contributed by atoms with van der Waals surface area (Å²) in [6.45, 7) is 5.71. The predicted octanol–water partition coefficient (Wildman–Crippen LogP) is 2.76. The molecule has 0 spiro atoms. The van der Waals surface area contributed by atoms with E-state index in [1.54, 1.807) is 28.6 Å². The Morgan fingerprint density at radius 3 is 2.71 bits per heavy atom. The monoisotopic (exact) mass is 327 g/mol. The number of fused-ring (bicyclic) bond motifs is 1. The van der Waals surface area contributed by atoms with E-state index < -0.39 is 6.10 Å². The number of aryl methyl sites for hydroxylation is 1. The number of nitrogens with one attached hydrogen (secondary N) is 1. The van der Waals surface area contributed by atoms with Gasteiger partial charge >= 0.3 is 0 Å². The summed E-state index contributed by atoms with van der Waals surface area (Å²) < 4.78 is 9.28. The lowest BCUT2D eigenvalue weighted by atomic mass is 10.2. The van der Waals surface area contributed by atoms with E-state index in [1.807, 2.05) is 45.2 Å². The first-order valence-electron chi connectivity index (χ1n) is 7.90. The number of amides is 1. The molecule has 0 bridgehead atoms. The number of rotatable bonds is 5. The summed E-state index contributed by atoms with van der Waals surface area (Å²) in [7, 11) is 1.85. The van der Waals surface area contributed by atoms with Crippen LogP contribution in [-0.4, -0.2) is 31.6 Å². The lowest BCUT2D eigenvalue weighted by molar-refractivity contribution is -0.122. The molecule has 0 aliphatic heterocycles. The van der Waals surface area contributed by atoms with Crippen molar-refractivity contribution in [3.05, 3.63) is 36.5 Å². The van der Waals surface area contributed by atoms with Gasteiger partial charge in [-0.25, -0.2) is 4.68 Å². The van der Waals surface area contributed by atoms with Gasteiger partial charge in [0, 0.05) is 19.2 Å². The van der Waals surface area contributed by atoms with Crippen molar-refractivity contribution in [1.29, 1.82) is 0 Å². The molecule has 2 heterocycles. The van der Waals surface area contributed by atoms with E-state index in [1.165, 1.54) is 0 Å². The second kappa shape index (κ2) is 6.35. The Morgan fingerprint density at radius 2 is 1.96 bits per heavy atom. The van der Waals surface area contributed by atoms with Gasteiger partial charge in [0.1, 0.15) is 5.82 Å². The Bertz CT molecular complexity index is 865. The molecule has 7 heteroatoms. The minimum atomic E-state index is -0.682. The molecular formula is C17H21N5O2. The van der Waals surface area contributed by atoms with Crippen molar-refractivity contribution in [2.24, 2.45) is 7.05 Å². The average molecular weight is 327 g/mol. The van der Waals surface area contributed by atoms with Crippen molar-refractivity contribution in [2.45, 2.75) is 32.9 Å². The minimum absolute atomic E-state index is 0.159. The van der Waals surface area contributed by atoms with Gasteiger partial charge in [0.15, 0.2) is 6.10 Å². The van der Waals surface area contributed by atoms with Crippen molar-refractivity contribution >= 4 is 22.6 Å². The maximum Gasteiger partial charge on any atom is 0.266 e. The zero-order valence-electron chi connectivity index (χ0n) is 14.2. The molecule has 0 saturated heterocycles. The second-order valence-corrected chi connectivity index (χ2v) is 5.95. The molecule has 1 atom stereocenters. The second-order valence-electron chi connectivity index (χ2n) is 5.95. The van der Waals surface area contributed by atoms with Gasteiger partial charge in [-0.3, -0.25) is 9.48 Å². The number of ether oxygens (including phenoxy) is 1. The largest absolute Gasteiger partial charge is 0.463 e. The van der Waals surface area contributed by atoms with Crippen molar-refractivity contribution in [3.63, 3.8) is 0 Å². The molecule has 7 nitrogen and oxygen atoms in total. The van der Waals surface area contributed by atoms with Crippen LogP contribution in [0.1, 0.15) is 26.8 Å². The average Bonchev–Trinajstić information content (AvgIpc) is 3.13. The summed E-state index contributed by atoms with van der Waals surface area (Å²) in [6.07, 6.45) is 0.978. The standard InChI is InChI=1S/C17H21N5O2/c1-11(2)22-15(9-10-18-22)19-16(23)12(3)24-17-13-7-5-6-8-14(13)21(4)20-17/h5-12H,1-4H3,(H,19,23)/t12-/m1/s1. The highest BCUT2D eigenvalue weighted by atomic mass is 16.5. The Balaban J connectivity index is 1.75. The van der Waals surface area contributed by atoms with E-state index in [0.717, 1.165) is 10.9 Å². The fourth-order valence-corrected chi connectivity index (χ4v) is 2.54. The molecule has 0 unspecified atom stereocenters. The van der Waals surface area contributed by atoms with Crippen LogP contribution in [0.15, 0.2) is 36.5 Å². The molecule has 1 N–H and O–H groups in total. The maximum absolute atomic E-state index is 12.4. The van der Waals surface area contributed by atoms with E-state index in [2.05, 4.69) is 15.5 Å². The van der Waals surface area contributed by atoms with Crippen molar-refractivity contribution in [2.75, 3.05) is 5.32 Å². The highest BCUT2D eigenvalue weighted by Crippen LogP contribution is 2.25. The smallest absolute Gasteiger partial charge is 0.266 e. The SMILES string of the molecule is CC(C)n1nccc1NC(=O)[C@@H](C)Oc1nn(C)c2ccccc12. The van der Waals surface area contributed by atoms with Gasteiger partial charge in [-0.1, -0.05) is 12.1 Å². The van der Waals surface area contributed by atoms with Crippen LogP contribution in [0.2, 0.25) is 0 Å². The third-order valence-corrected chi connectivity index (χ3v) is 3.79. The van der Waals surface area contributed by atoms with E-state index >= 15 is 0 Å². The van der Waals surface area contributed by atoms with Crippen LogP contribution in [-0.2, 0) is 11.8 Å². The van der Waals surface area contributed by atoms with E-state index in [9.17, 15) is 4.79 Å². The number of benzene rings is 1. The fourth-order valence-electron chi connectivity index (χ4n) is 2.54. The van der Waals surface area contributed by atoms with E-state index in [0.29, 0.717) is 11.7 Å². The van der Waals surface area contributed by atoms with E-state index in [4.69, 9.17) is 4.74 Å². The summed E-state index contributed by atoms with van der Waals surface area (Å²) in [6, 6.07) is 9.67. The van der Waals surface area contributed by atoms with Crippen LogP contribution in [0.25, 0.3) is 10.9 Å². The molecule has 1 amide bonds. The van der Waals surface area contributed by atoms with Crippen molar-refractivity contribution in [3.8, 4) is 5.88 Å². The number of hydrogen-bond donors (Lipinski definition) is 1. The van der Waals surface area contributed by atoms with Gasteiger partial charge in [-0.15, -0.1) is 5.10 Å².